The maximum Gasteiger partial charge on any atom is 0.244 e. The van der Waals surface area contributed by atoms with E-state index in [1.807, 2.05) is 11.8 Å². The highest BCUT2D eigenvalue weighted by atomic mass is 32.2. The van der Waals surface area contributed by atoms with Crippen molar-refractivity contribution in [3.8, 4) is 0 Å². The molecule has 1 aliphatic rings. The highest BCUT2D eigenvalue weighted by Crippen LogP contribution is 2.30. The highest BCUT2D eigenvalue weighted by Gasteiger charge is 2.34. The molecule has 1 amide bonds. The summed E-state index contributed by atoms with van der Waals surface area (Å²) in [4.78, 5) is 11.7. The Morgan fingerprint density at radius 3 is 3.22 bits per heavy atom. The number of methoxy groups -OCH3 is 1. The molecule has 4 nitrogen and oxygen atoms in total. The van der Waals surface area contributed by atoms with Crippen molar-refractivity contribution in [3.05, 3.63) is 30.2 Å². The van der Waals surface area contributed by atoms with Gasteiger partial charge in [0.1, 0.15) is 0 Å². The number of rotatable bonds is 5. The largest absolute Gasteiger partial charge is 0.472 e. The van der Waals surface area contributed by atoms with Crippen LogP contribution in [0.2, 0.25) is 0 Å². The second kappa shape index (κ2) is 6.11. The van der Waals surface area contributed by atoms with Crippen LogP contribution in [0.3, 0.4) is 0 Å². The van der Waals surface area contributed by atoms with Crippen LogP contribution in [0, 0.1) is 0 Å². The first kappa shape index (κ1) is 13.2. The number of hydrogen-bond acceptors (Lipinski definition) is 4. The number of amides is 1. The molecule has 1 N–H and O–H groups in total. The van der Waals surface area contributed by atoms with E-state index in [1.54, 1.807) is 31.8 Å². The summed E-state index contributed by atoms with van der Waals surface area (Å²) in [5.41, 5.74) is 0.687. The van der Waals surface area contributed by atoms with Gasteiger partial charge in [-0.15, -0.1) is 0 Å². The monoisotopic (exact) mass is 267 g/mol. The van der Waals surface area contributed by atoms with Crippen LogP contribution in [0.25, 0.3) is 6.08 Å². The Morgan fingerprint density at radius 2 is 2.61 bits per heavy atom. The molecule has 0 saturated carbocycles. The van der Waals surface area contributed by atoms with Gasteiger partial charge in [0.15, 0.2) is 0 Å². The molecule has 5 heteroatoms. The summed E-state index contributed by atoms with van der Waals surface area (Å²) in [7, 11) is 1.71. The smallest absolute Gasteiger partial charge is 0.244 e. The summed E-state index contributed by atoms with van der Waals surface area (Å²) in [5, 5.41) is 2.88. The fourth-order valence-corrected chi connectivity index (χ4v) is 3.21. The number of carbonyl (C=O) groups excluding carboxylic acids is 1. The van der Waals surface area contributed by atoms with Gasteiger partial charge in [-0.2, -0.15) is 11.8 Å². The number of ether oxygens (including phenoxy) is 1. The van der Waals surface area contributed by atoms with Gasteiger partial charge in [-0.05, 0) is 24.3 Å². The van der Waals surface area contributed by atoms with Gasteiger partial charge < -0.3 is 14.5 Å². The van der Waals surface area contributed by atoms with Gasteiger partial charge in [0.2, 0.25) is 5.91 Å². The fourth-order valence-electron chi connectivity index (χ4n) is 1.81. The van der Waals surface area contributed by atoms with Crippen molar-refractivity contribution in [1.29, 1.82) is 0 Å². The van der Waals surface area contributed by atoms with Crippen LogP contribution in [0.4, 0.5) is 0 Å². The molecule has 0 bridgehead atoms. The Hall–Kier alpha value is -1.20. The molecule has 1 aromatic rings. The minimum absolute atomic E-state index is 0.107. The summed E-state index contributed by atoms with van der Waals surface area (Å²) in [6, 6.07) is 1.80. The molecule has 1 fully saturated rings. The van der Waals surface area contributed by atoms with Gasteiger partial charge in [-0.1, -0.05) is 0 Å². The minimum atomic E-state index is -0.191. The molecule has 18 heavy (non-hydrogen) atoms. The molecule has 1 saturated heterocycles. The third-order valence-corrected chi connectivity index (χ3v) is 4.28. The summed E-state index contributed by atoms with van der Waals surface area (Å²) in [6.07, 6.45) is 7.39. The van der Waals surface area contributed by atoms with Crippen molar-refractivity contribution in [2.75, 3.05) is 25.2 Å². The first-order valence-electron chi connectivity index (χ1n) is 5.85. The molecule has 1 aromatic heterocycles. The molecule has 2 heterocycles. The number of carbonyl (C=O) groups is 1. The van der Waals surface area contributed by atoms with Crippen LogP contribution in [0.15, 0.2) is 29.1 Å². The Kier molecular flexibility index (Phi) is 4.49. The summed E-state index contributed by atoms with van der Waals surface area (Å²) in [6.45, 7) is 0.561. The third-order valence-electron chi connectivity index (χ3n) is 3.06. The van der Waals surface area contributed by atoms with Gasteiger partial charge in [0.05, 0.1) is 18.1 Å². The first-order valence-corrected chi connectivity index (χ1v) is 7.01. The standard InChI is InChI=1S/C13H17NO3S/c1-16-13(5-7-18-10-13)9-14-12(15)3-2-11-4-6-17-8-11/h2-4,6,8H,5,7,9-10H2,1H3,(H,14,15)/b3-2+/t13-/m0/s1. The van der Waals surface area contributed by atoms with E-state index in [1.165, 1.54) is 6.08 Å². The zero-order valence-corrected chi connectivity index (χ0v) is 11.2. The second-order valence-corrected chi connectivity index (χ2v) is 5.40. The lowest BCUT2D eigenvalue weighted by atomic mass is 10.0. The second-order valence-electron chi connectivity index (χ2n) is 4.30. The average Bonchev–Trinajstić information content (AvgIpc) is 3.06. The number of furan rings is 1. The van der Waals surface area contributed by atoms with E-state index >= 15 is 0 Å². The topological polar surface area (TPSA) is 51.5 Å². The summed E-state index contributed by atoms with van der Waals surface area (Å²) < 4.78 is 10.4. The molecular formula is C13H17NO3S. The fraction of sp³-hybridized carbons (Fsp3) is 0.462. The Labute approximate surface area is 111 Å². The summed E-state index contributed by atoms with van der Waals surface area (Å²) >= 11 is 1.86. The predicted octanol–water partition coefficient (Wildman–Crippen LogP) is 1.93. The third kappa shape index (κ3) is 3.40. The molecule has 98 valence electrons. The molecule has 0 aromatic carbocycles. The van der Waals surface area contributed by atoms with Crippen LogP contribution in [-0.4, -0.2) is 36.7 Å². The van der Waals surface area contributed by atoms with Gasteiger partial charge in [-0.25, -0.2) is 0 Å². The quantitative estimate of drug-likeness (QED) is 0.828. The predicted molar refractivity (Wildman–Crippen MR) is 72.4 cm³/mol. The van der Waals surface area contributed by atoms with Crippen LogP contribution < -0.4 is 5.32 Å². The minimum Gasteiger partial charge on any atom is -0.472 e. The zero-order chi connectivity index (χ0) is 12.8. The average molecular weight is 267 g/mol. The van der Waals surface area contributed by atoms with Crippen LogP contribution in [-0.2, 0) is 9.53 Å². The van der Waals surface area contributed by atoms with E-state index in [9.17, 15) is 4.79 Å². The Balaban J connectivity index is 1.81. The molecule has 0 unspecified atom stereocenters. The summed E-state index contributed by atoms with van der Waals surface area (Å²) in [5.74, 6) is 1.92. The van der Waals surface area contributed by atoms with Crippen LogP contribution in [0.1, 0.15) is 12.0 Å². The lowest BCUT2D eigenvalue weighted by molar-refractivity contribution is -0.117. The molecule has 2 rings (SSSR count). The Morgan fingerprint density at radius 1 is 1.72 bits per heavy atom. The van der Waals surface area contributed by atoms with E-state index in [4.69, 9.17) is 9.15 Å². The molecular weight excluding hydrogens is 250 g/mol. The van der Waals surface area contributed by atoms with Gasteiger partial charge >= 0.3 is 0 Å². The molecule has 1 aliphatic heterocycles. The number of nitrogens with one attached hydrogen (secondary N) is 1. The number of hydrogen-bond donors (Lipinski definition) is 1. The Bertz CT molecular complexity index is 408. The molecule has 0 radical (unpaired) electrons. The highest BCUT2D eigenvalue weighted by molar-refractivity contribution is 7.99. The van der Waals surface area contributed by atoms with Crippen molar-refractivity contribution in [2.24, 2.45) is 0 Å². The SMILES string of the molecule is CO[C@]1(CNC(=O)/C=C/c2ccoc2)CCSC1. The van der Waals surface area contributed by atoms with E-state index in [2.05, 4.69) is 5.32 Å². The van der Waals surface area contributed by atoms with Gasteiger partial charge in [0.25, 0.3) is 0 Å². The van der Waals surface area contributed by atoms with Gasteiger partial charge in [0, 0.05) is 31.0 Å². The van der Waals surface area contributed by atoms with Crippen molar-refractivity contribution in [3.63, 3.8) is 0 Å². The lowest BCUT2D eigenvalue weighted by Gasteiger charge is -2.26. The molecule has 0 spiro atoms. The van der Waals surface area contributed by atoms with E-state index in [0.717, 1.165) is 23.5 Å². The van der Waals surface area contributed by atoms with Crippen LogP contribution >= 0.6 is 11.8 Å². The van der Waals surface area contributed by atoms with Crippen molar-refractivity contribution in [2.45, 2.75) is 12.0 Å². The maximum atomic E-state index is 11.7. The first-order chi connectivity index (χ1) is 8.74. The normalized spacial score (nSPS) is 23.6. The van der Waals surface area contributed by atoms with Crippen molar-refractivity contribution < 1.29 is 13.9 Å². The maximum absolute atomic E-state index is 11.7. The zero-order valence-electron chi connectivity index (χ0n) is 10.3. The van der Waals surface area contributed by atoms with Crippen molar-refractivity contribution >= 4 is 23.7 Å². The van der Waals surface area contributed by atoms with E-state index in [0.29, 0.717) is 6.54 Å². The van der Waals surface area contributed by atoms with E-state index < -0.39 is 0 Å². The lowest BCUT2D eigenvalue weighted by Crippen LogP contribution is -2.44. The number of thioether (sulfide) groups is 1. The molecule has 1 atom stereocenters. The van der Waals surface area contributed by atoms with Crippen molar-refractivity contribution in [1.82, 2.24) is 5.32 Å². The molecule has 0 aliphatic carbocycles. The van der Waals surface area contributed by atoms with E-state index in [-0.39, 0.29) is 11.5 Å². The van der Waals surface area contributed by atoms with Crippen LogP contribution in [0.5, 0.6) is 0 Å². The van der Waals surface area contributed by atoms with Gasteiger partial charge in [-0.3, -0.25) is 4.79 Å².